The Kier molecular flexibility index (Phi) is 5.10. The van der Waals surface area contributed by atoms with Gasteiger partial charge in [0.1, 0.15) is 0 Å². The van der Waals surface area contributed by atoms with Crippen LogP contribution in [0.2, 0.25) is 0 Å². The molecule has 0 unspecified atom stereocenters. The Morgan fingerprint density at radius 1 is 1.63 bits per heavy atom. The second-order valence-corrected chi connectivity index (χ2v) is 5.86. The summed E-state index contributed by atoms with van der Waals surface area (Å²) in [4.78, 5) is 18.5. The first-order valence-corrected chi connectivity index (χ1v) is 7.64. The second kappa shape index (κ2) is 6.82. The highest BCUT2D eigenvalue weighted by molar-refractivity contribution is 7.13. The average Bonchev–Trinajstić information content (AvgIpc) is 3.00. The number of carbonyl (C=O) groups is 1. The van der Waals surface area contributed by atoms with Crippen LogP contribution in [0.1, 0.15) is 31.4 Å². The van der Waals surface area contributed by atoms with Crippen molar-refractivity contribution in [3.63, 3.8) is 0 Å². The Balaban J connectivity index is 1.88. The quantitative estimate of drug-likeness (QED) is 0.814. The number of thiazole rings is 1. The molecule has 0 bridgehead atoms. The number of carbonyl (C=O) groups excluding carboxylic acids is 1. The van der Waals surface area contributed by atoms with Crippen molar-refractivity contribution < 1.29 is 4.79 Å². The third-order valence-corrected chi connectivity index (χ3v) is 4.29. The summed E-state index contributed by atoms with van der Waals surface area (Å²) < 4.78 is 0. The van der Waals surface area contributed by atoms with Crippen LogP contribution in [-0.2, 0) is 4.79 Å². The molecular weight excluding hydrogens is 258 g/mol. The zero-order valence-corrected chi connectivity index (χ0v) is 12.2. The summed E-state index contributed by atoms with van der Waals surface area (Å²) in [5, 5.41) is 5.49. The van der Waals surface area contributed by atoms with Crippen LogP contribution in [0.15, 0.2) is 18.0 Å². The maximum atomic E-state index is 12.0. The molecule has 4 nitrogen and oxygen atoms in total. The van der Waals surface area contributed by atoms with Gasteiger partial charge in [-0.15, -0.1) is 17.9 Å². The van der Waals surface area contributed by atoms with Gasteiger partial charge in [-0.1, -0.05) is 18.9 Å². The number of hydrogen-bond donors (Lipinski definition) is 1. The third kappa shape index (κ3) is 4.14. The summed E-state index contributed by atoms with van der Waals surface area (Å²) in [6.07, 6.45) is 6.80. The van der Waals surface area contributed by atoms with Gasteiger partial charge in [0, 0.05) is 18.0 Å². The molecule has 1 saturated carbocycles. The fraction of sp³-hybridized carbons (Fsp3) is 0.571. The van der Waals surface area contributed by atoms with Crippen LogP contribution in [-0.4, -0.2) is 34.9 Å². The van der Waals surface area contributed by atoms with Gasteiger partial charge >= 0.3 is 0 Å². The molecule has 1 fully saturated rings. The van der Waals surface area contributed by atoms with Crippen LogP contribution in [0.4, 0.5) is 5.13 Å². The van der Waals surface area contributed by atoms with Crippen molar-refractivity contribution in [3.05, 3.63) is 23.7 Å². The molecule has 1 aliphatic carbocycles. The van der Waals surface area contributed by atoms with Gasteiger partial charge in [-0.3, -0.25) is 9.69 Å². The van der Waals surface area contributed by atoms with E-state index in [1.807, 2.05) is 18.4 Å². The largest absolute Gasteiger partial charge is 0.301 e. The van der Waals surface area contributed by atoms with E-state index in [0.29, 0.717) is 17.7 Å². The summed E-state index contributed by atoms with van der Waals surface area (Å²) in [5.41, 5.74) is 0.944. The maximum absolute atomic E-state index is 12.0. The van der Waals surface area contributed by atoms with Crippen LogP contribution < -0.4 is 5.32 Å². The molecule has 0 saturated heterocycles. The van der Waals surface area contributed by atoms with Gasteiger partial charge in [0.25, 0.3) is 0 Å². The first-order valence-electron chi connectivity index (χ1n) is 6.76. The van der Waals surface area contributed by atoms with Gasteiger partial charge in [0.15, 0.2) is 5.13 Å². The Hall–Kier alpha value is -1.20. The monoisotopic (exact) mass is 279 g/mol. The molecule has 1 aliphatic rings. The minimum Gasteiger partial charge on any atom is -0.301 e. The van der Waals surface area contributed by atoms with Gasteiger partial charge < -0.3 is 5.32 Å². The van der Waals surface area contributed by atoms with Crippen molar-refractivity contribution in [1.29, 1.82) is 0 Å². The third-order valence-electron chi connectivity index (χ3n) is 3.42. The van der Waals surface area contributed by atoms with Gasteiger partial charge in [-0.25, -0.2) is 4.98 Å². The highest BCUT2D eigenvalue weighted by Crippen LogP contribution is 2.23. The fourth-order valence-electron chi connectivity index (χ4n) is 2.53. The molecule has 0 aliphatic heterocycles. The Morgan fingerprint density at radius 3 is 2.95 bits per heavy atom. The highest BCUT2D eigenvalue weighted by atomic mass is 32.1. The molecule has 0 atom stereocenters. The number of amides is 1. The topological polar surface area (TPSA) is 45.2 Å². The SMILES string of the molecule is C=CCN(CC(=O)Nc1nc(C)cs1)C1CCCC1. The summed E-state index contributed by atoms with van der Waals surface area (Å²) in [7, 11) is 0. The molecule has 1 aromatic rings. The van der Waals surface area contributed by atoms with Gasteiger partial charge in [0.2, 0.25) is 5.91 Å². The first-order chi connectivity index (χ1) is 9.19. The van der Waals surface area contributed by atoms with E-state index in [0.717, 1.165) is 12.2 Å². The van der Waals surface area contributed by atoms with Crippen molar-refractivity contribution in [2.24, 2.45) is 0 Å². The normalized spacial score (nSPS) is 15.9. The summed E-state index contributed by atoms with van der Waals surface area (Å²) in [6, 6.07) is 0.529. The van der Waals surface area contributed by atoms with Gasteiger partial charge in [0.05, 0.1) is 12.2 Å². The minimum atomic E-state index is 0.0168. The lowest BCUT2D eigenvalue weighted by Crippen LogP contribution is -2.39. The molecule has 1 heterocycles. The first kappa shape index (κ1) is 14.2. The molecule has 1 N–H and O–H groups in total. The molecular formula is C14H21N3OS. The smallest absolute Gasteiger partial charge is 0.240 e. The number of aryl methyl sites for hydroxylation is 1. The highest BCUT2D eigenvalue weighted by Gasteiger charge is 2.23. The van der Waals surface area contributed by atoms with Crippen molar-refractivity contribution in [3.8, 4) is 0 Å². The van der Waals surface area contributed by atoms with Crippen LogP contribution in [0.5, 0.6) is 0 Å². The minimum absolute atomic E-state index is 0.0168. The van der Waals surface area contributed by atoms with Crippen molar-refractivity contribution in [2.45, 2.75) is 38.6 Å². The number of nitrogens with one attached hydrogen (secondary N) is 1. The average molecular weight is 279 g/mol. The lowest BCUT2D eigenvalue weighted by atomic mass is 10.2. The van der Waals surface area contributed by atoms with Crippen molar-refractivity contribution in [2.75, 3.05) is 18.4 Å². The summed E-state index contributed by atoms with van der Waals surface area (Å²) >= 11 is 1.47. The molecule has 104 valence electrons. The molecule has 5 heteroatoms. The fourth-order valence-corrected chi connectivity index (χ4v) is 3.24. The second-order valence-electron chi connectivity index (χ2n) is 5.00. The van der Waals surface area contributed by atoms with Crippen molar-refractivity contribution in [1.82, 2.24) is 9.88 Å². The van der Waals surface area contributed by atoms with Crippen LogP contribution in [0.25, 0.3) is 0 Å². The summed E-state index contributed by atoms with van der Waals surface area (Å²) in [6.45, 7) is 6.91. The van der Waals surface area contributed by atoms with E-state index in [2.05, 4.69) is 21.8 Å². The van der Waals surface area contributed by atoms with Gasteiger partial charge in [-0.2, -0.15) is 0 Å². The molecule has 1 amide bonds. The van der Waals surface area contributed by atoms with Crippen LogP contribution >= 0.6 is 11.3 Å². The van der Waals surface area contributed by atoms with E-state index in [1.165, 1.54) is 37.0 Å². The molecule has 1 aromatic heterocycles. The lowest BCUT2D eigenvalue weighted by molar-refractivity contribution is -0.117. The van der Waals surface area contributed by atoms with Gasteiger partial charge in [-0.05, 0) is 19.8 Å². The van der Waals surface area contributed by atoms with E-state index in [9.17, 15) is 4.79 Å². The Bertz CT molecular complexity index is 438. The maximum Gasteiger partial charge on any atom is 0.240 e. The lowest BCUT2D eigenvalue weighted by Gasteiger charge is -2.26. The van der Waals surface area contributed by atoms with E-state index >= 15 is 0 Å². The Labute approximate surface area is 118 Å². The van der Waals surface area contributed by atoms with E-state index in [-0.39, 0.29) is 5.91 Å². The van der Waals surface area contributed by atoms with Crippen LogP contribution in [0.3, 0.4) is 0 Å². The Morgan fingerprint density at radius 2 is 2.37 bits per heavy atom. The van der Waals surface area contributed by atoms with E-state index < -0.39 is 0 Å². The number of nitrogens with zero attached hydrogens (tertiary/aromatic N) is 2. The predicted octanol–water partition coefficient (Wildman–Crippen LogP) is 2.82. The standard InChI is InChI=1S/C14H21N3OS/c1-3-8-17(12-6-4-5-7-12)9-13(18)16-14-15-11(2)10-19-14/h3,10,12H,1,4-9H2,2H3,(H,15,16,18). The zero-order valence-electron chi connectivity index (χ0n) is 11.4. The number of aromatic nitrogens is 1. The molecule has 19 heavy (non-hydrogen) atoms. The van der Waals surface area contributed by atoms with Crippen LogP contribution in [0, 0.1) is 6.92 Å². The predicted molar refractivity (Wildman–Crippen MR) is 79.5 cm³/mol. The number of rotatable bonds is 6. The van der Waals surface area contributed by atoms with E-state index in [4.69, 9.17) is 0 Å². The molecule has 0 spiro atoms. The van der Waals surface area contributed by atoms with E-state index in [1.54, 1.807) is 0 Å². The molecule has 0 aromatic carbocycles. The molecule has 2 rings (SSSR count). The number of anilines is 1. The summed E-state index contributed by atoms with van der Waals surface area (Å²) in [5.74, 6) is 0.0168. The van der Waals surface area contributed by atoms with Crippen molar-refractivity contribution >= 4 is 22.4 Å². The molecule has 0 radical (unpaired) electrons. The number of hydrogen-bond acceptors (Lipinski definition) is 4. The zero-order chi connectivity index (χ0) is 13.7.